The van der Waals surface area contributed by atoms with E-state index in [1.54, 1.807) is 0 Å². The largest absolute Gasteiger partial charge is 0.208 e. The van der Waals surface area contributed by atoms with Gasteiger partial charge in [-0.15, -0.1) is 0 Å². The maximum atomic E-state index is 5.24. The van der Waals surface area contributed by atoms with Gasteiger partial charge in [0.2, 0.25) is 0 Å². The van der Waals surface area contributed by atoms with E-state index in [9.17, 15) is 0 Å². The summed E-state index contributed by atoms with van der Waals surface area (Å²) in [4.78, 5) is 15.7. The highest BCUT2D eigenvalue weighted by Crippen LogP contribution is 2.58. The zero-order valence-corrected chi connectivity index (χ0v) is 29.9. The summed E-state index contributed by atoms with van der Waals surface area (Å²) in [6.07, 6.45) is 0. The van der Waals surface area contributed by atoms with Crippen molar-refractivity contribution in [2.75, 3.05) is 0 Å². The molecule has 0 unspecified atom stereocenters. The van der Waals surface area contributed by atoms with E-state index in [-0.39, 0.29) is 0 Å². The van der Waals surface area contributed by atoms with Crippen LogP contribution in [0.15, 0.2) is 200 Å². The highest BCUT2D eigenvalue weighted by atomic mass is 15.0. The smallest absolute Gasteiger partial charge is 0.164 e. The monoisotopic (exact) mass is 699 g/mol. The van der Waals surface area contributed by atoms with Gasteiger partial charge in [0.1, 0.15) is 0 Å². The Morgan fingerprint density at radius 3 is 1.45 bits per heavy atom. The van der Waals surface area contributed by atoms with Crippen LogP contribution in [0.3, 0.4) is 0 Å². The average molecular weight is 700 g/mol. The summed E-state index contributed by atoms with van der Waals surface area (Å²) >= 11 is 0. The van der Waals surface area contributed by atoms with Gasteiger partial charge in [-0.05, 0) is 71.8 Å². The lowest BCUT2D eigenvalue weighted by molar-refractivity contribution is 0.775. The molecule has 1 aromatic heterocycles. The predicted molar refractivity (Wildman–Crippen MR) is 226 cm³/mol. The van der Waals surface area contributed by atoms with Crippen molar-refractivity contribution >= 4 is 32.3 Å². The van der Waals surface area contributed by atoms with Gasteiger partial charge in [0.15, 0.2) is 17.5 Å². The first-order valence-electron chi connectivity index (χ1n) is 18.8. The molecular weight excluding hydrogens is 667 g/mol. The van der Waals surface area contributed by atoms with Crippen LogP contribution in [0.5, 0.6) is 0 Å². The molecule has 3 heteroatoms. The molecule has 0 saturated heterocycles. The van der Waals surface area contributed by atoms with Crippen molar-refractivity contribution in [1.29, 1.82) is 0 Å². The summed E-state index contributed by atoms with van der Waals surface area (Å²) in [5.41, 5.74) is 10.1. The van der Waals surface area contributed by atoms with E-state index in [0.29, 0.717) is 17.5 Å². The minimum absolute atomic E-state index is 0.494. The number of hydrogen-bond acceptors (Lipinski definition) is 3. The number of rotatable bonds is 5. The van der Waals surface area contributed by atoms with E-state index in [1.807, 2.05) is 0 Å². The lowest BCUT2D eigenvalue weighted by Gasteiger charge is -2.34. The minimum atomic E-state index is -0.494. The lowest BCUT2D eigenvalue weighted by Crippen LogP contribution is -2.28. The highest BCUT2D eigenvalue weighted by Gasteiger charge is 2.46. The van der Waals surface area contributed by atoms with Crippen LogP contribution in [0.4, 0.5) is 0 Å². The Morgan fingerprint density at radius 2 is 0.818 bits per heavy atom. The third kappa shape index (κ3) is 4.80. The van der Waals surface area contributed by atoms with Crippen LogP contribution in [-0.2, 0) is 5.41 Å². The Kier molecular flexibility index (Phi) is 7.08. The molecule has 256 valence electrons. The van der Waals surface area contributed by atoms with Crippen LogP contribution >= 0.6 is 0 Å². The van der Waals surface area contributed by atoms with Crippen LogP contribution in [0.1, 0.15) is 22.3 Å². The SMILES string of the molecule is c1ccc(C2(c3ccccc3)c3ccccc3-c3ccc4cc(-c5nc(-c6cccc7ccccc67)nc(-c6cccc7ccccc67)n5)ccc4c32)cc1. The average Bonchev–Trinajstić information content (AvgIpc) is 3.58. The standard InChI is InChI=1S/C52H33N3/c1-3-19-38(20-4-1)52(39-21-5-2-6-22-39)47-28-12-11-25-43(47)44-32-29-36-33-37(30-31-42(36)48(44)52)49-53-50(45-26-13-17-34-15-7-9-23-40(34)45)55-51(54-49)46-27-14-18-35-16-8-10-24-41(35)46/h1-33H. The summed E-state index contributed by atoms with van der Waals surface area (Å²) in [6, 6.07) is 71.7. The molecule has 3 nitrogen and oxygen atoms in total. The van der Waals surface area contributed by atoms with Crippen molar-refractivity contribution in [2.24, 2.45) is 0 Å². The molecule has 0 saturated carbocycles. The number of fused-ring (bicyclic) bond motifs is 7. The molecule has 10 aromatic rings. The highest BCUT2D eigenvalue weighted by molar-refractivity contribution is 6.02. The Bertz CT molecular complexity index is 2950. The molecule has 9 aromatic carbocycles. The Balaban J connectivity index is 1.17. The van der Waals surface area contributed by atoms with E-state index >= 15 is 0 Å². The predicted octanol–water partition coefficient (Wildman–Crippen LogP) is 12.7. The molecule has 0 amide bonds. The number of benzene rings is 9. The first-order chi connectivity index (χ1) is 27.3. The number of aromatic nitrogens is 3. The van der Waals surface area contributed by atoms with Crippen LogP contribution in [0.25, 0.3) is 77.6 Å². The van der Waals surface area contributed by atoms with Crippen molar-refractivity contribution in [3.8, 4) is 45.3 Å². The molecule has 1 aliphatic carbocycles. The van der Waals surface area contributed by atoms with Gasteiger partial charge < -0.3 is 0 Å². The quantitative estimate of drug-likeness (QED) is 0.179. The van der Waals surface area contributed by atoms with Gasteiger partial charge in [0.25, 0.3) is 0 Å². The first-order valence-corrected chi connectivity index (χ1v) is 18.8. The van der Waals surface area contributed by atoms with E-state index in [1.165, 1.54) is 38.8 Å². The molecule has 0 aliphatic heterocycles. The summed E-state index contributed by atoms with van der Waals surface area (Å²) in [6.45, 7) is 0. The van der Waals surface area contributed by atoms with Crippen LogP contribution in [-0.4, -0.2) is 15.0 Å². The maximum Gasteiger partial charge on any atom is 0.164 e. The molecule has 1 heterocycles. The minimum Gasteiger partial charge on any atom is -0.208 e. The second kappa shape index (κ2) is 12.4. The molecule has 0 N–H and O–H groups in total. The fourth-order valence-electron chi connectivity index (χ4n) is 9.01. The second-order valence-electron chi connectivity index (χ2n) is 14.3. The molecule has 0 atom stereocenters. The second-order valence-corrected chi connectivity index (χ2v) is 14.3. The number of nitrogens with zero attached hydrogens (tertiary/aromatic N) is 3. The zero-order valence-electron chi connectivity index (χ0n) is 29.9. The van der Waals surface area contributed by atoms with Gasteiger partial charge in [-0.3, -0.25) is 0 Å². The van der Waals surface area contributed by atoms with E-state index < -0.39 is 5.41 Å². The van der Waals surface area contributed by atoms with Gasteiger partial charge >= 0.3 is 0 Å². The summed E-state index contributed by atoms with van der Waals surface area (Å²) in [7, 11) is 0. The third-order valence-corrected chi connectivity index (χ3v) is 11.4. The van der Waals surface area contributed by atoms with Crippen molar-refractivity contribution in [3.63, 3.8) is 0 Å². The van der Waals surface area contributed by atoms with Gasteiger partial charge in [-0.25, -0.2) is 15.0 Å². The van der Waals surface area contributed by atoms with Crippen molar-refractivity contribution < 1.29 is 0 Å². The maximum absolute atomic E-state index is 5.24. The normalized spacial score (nSPS) is 12.9. The molecule has 0 spiro atoms. The fourth-order valence-corrected chi connectivity index (χ4v) is 9.01. The lowest BCUT2D eigenvalue weighted by atomic mass is 9.66. The molecule has 0 bridgehead atoms. The van der Waals surface area contributed by atoms with Gasteiger partial charge in [0, 0.05) is 16.7 Å². The molecule has 0 fully saturated rings. The van der Waals surface area contributed by atoms with Gasteiger partial charge in [-0.1, -0.05) is 194 Å². The van der Waals surface area contributed by atoms with E-state index in [0.717, 1.165) is 43.6 Å². The van der Waals surface area contributed by atoms with E-state index in [2.05, 4.69) is 200 Å². The Hall–Kier alpha value is -7.23. The Labute approximate surface area is 319 Å². The summed E-state index contributed by atoms with van der Waals surface area (Å²) < 4.78 is 0. The molecule has 0 radical (unpaired) electrons. The third-order valence-electron chi connectivity index (χ3n) is 11.4. The number of hydrogen-bond donors (Lipinski definition) is 0. The van der Waals surface area contributed by atoms with E-state index in [4.69, 9.17) is 15.0 Å². The molecule has 55 heavy (non-hydrogen) atoms. The fraction of sp³-hybridized carbons (Fsp3) is 0.0192. The van der Waals surface area contributed by atoms with Crippen molar-refractivity contribution in [1.82, 2.24) is 15.0 Å². The van der Waals surface area contributed by atoms with Gasteiger partial charge in [-0.2, -0.15) is 0 Å². The topological polar surface area (TPSA) is 38.7 Å². The van der Waals surface area contributed by atoms with Crippen molar-refractivity contribution in [2.45, 2.75) is 5.41 Å². The van der Waals surface area contributed by atoms with Crippen LogP contribution in [0, 0.1) is 0 Å². The summed E-state index contributed by atoms with van der Waals surface area (Å²) in [5, 5.41) is 6.86. The first kappa shape index (κ1) is 31.3. The molecule has 1 aliphatic rings. The summed E-state index contributed by atoms with van der Waals surface area (Å²) in [5.74, 6) is 1.95. The molecule has 11 rings (SSSR count). The van der Waals surface area contributed by atoms with Crippen LogP contribution < -0.4 is 0 Å². The van der Waals surface area contributed by atoms with Gasteiger partial charge in [0.05, 0.1) is 5.41 Å². The Morgan fingerprint density at radius 1 is 0.309 bits per heavy atom. The van der Waals surface area contributed by atoms with Crippen LogP contribution in [0.2, 0.25) is 0 Å². The van der Waals surface area contributed by atoms with Crippen molar-refractivity contribution in [3.05, 3.63) is 222 Å². The zero-order chi connectivity index (χ0) is 36.3. The molecular formula is C52H33N3.